The maximum atomic E-state index is 12.6. The van der Waals surface area contributed by atoms with Crippen molar-refractivity contribution in [1.29, 1.82) is 0 Å². The average molecular weight is 397 g/mol. The number of anilines is 2. The van der Waals surface area contributed by atoms with Crippen LogP contribution < -0.4 is 20.1 Å². The molecule has 1 aromatic carbocycles. The minimum atomic E-state index is -0.326. The molecule has 0 spiro atoms. The predicted molar refractivity (Wildman–Crippen MR) is 107 cm³/mol. The zero-order valence-electron chi connectivity index (χ0n) is 15.0. The molecule has 1 aliphatic heterocycles. The predicted octanol–water partition coefficient (Wildman–Crippen LogP) is 3.86. The van der Waals surface area contributed by atoms with Gasteiger partial charge in [0.25, 0.3) is 5.91 Å². The van der Waals surface area contributed by atoms with E-state index in [9.17, 15) is 4.79 Å². The van der Waals surface area contributed by atoms with Crippen LogP contribution in [0.2, 0.25) is 5.15 Å². The Morgan fingerprint density at radius 3 is 2.64 bits per heavy atom. The summed E-state index contributed by atoms with van der Waals surface area (Å²) in [5, 5.41) is 5.89. The third-order valence-electron chi connectivity index (χ3n) is 4.14. The number of halogens is 1. The van der Waals surface area contributed by atoms with E-state index in [0.717, 1.165) is 11.3 Å². The van der Waals surface area contributed by atoms with Crippen LogP contribution in [0.25, 0.3) is 11.3 Å². The molecule has 2 aromatic heterocycles. The molecule has 4 rings (SSSR count). The quantitative estimate of drug-likeness (QED) is 0.651. The van der Waals surface area contributed by atoms with Gasteiger partial charge in [-0.15, -0.1) is 0 Å². The summed E-state index contributed by atoms with van der Waals surface area (Å²) in [5.74, 6) is 2.01. The monoisotopic (exact) mass is 396 g/mol. The van der Waals surface area contributed by atoms with E-state index in [0.29, 0.717) is 41.9 Å². The van der Waals surface area contributed by atoms with Crippen LogP contribution in [-0.4, -0.2) is 36.1 Å². The van der Waals surface area contributed by atoms with Gasteiger partial charge in [0, 0.05) is 18.2 Å². The Bertz CT molecular complexity index is 1040. The number of amides is 1. The maximum Gasteiger partial charge on any atom is 0.257 e. The number of hydrogen-bond acceptors (Lipinski definition) is 6. The summed E-state index contributed by atoms with van der Waals surface area (Å²) in [4.78, 5) is 21.2. The van der Waals surface area contributed by atoms with Crippen molar-refractivity contribution in [1.82, 2.24) is 9.97 Å². The minimum Gasteiger partial charge on any atom is -0.486 e. The molecule has 7 nitrogen and oxygen atoms in total. The van der Waals surface area contributed by atoms with E-state index in [1.54, 1.807) is 19.2 Å². The number of benzene rings is 1. The molecule has 0 bridgehead atoms. The number of rotatable bonds is 4. The van der Waals surface area contributed by atoms with Gasteiger partial charge in [0.1, 0.15) is 30.0 Å². The van der Waals surface area contributed by atoms with Crippen molar-refractivity contribution in [2.24, 2.45) is 0 Å². The van der Waals surface area contributed by atoms with E-state index in [1.807, 2.05) is 30.3 Å². The third kappa shape index (κ3) is 3.84. The Labute approximate surface area is 166 Å². The number of aromatic nitrogens is 2. The SMILES string of the molecule is CNc1cc(C(=O)Nc2cccc(-c3ccc4c(c3)OCCO4)n2)cc(Cl)n1. The molecule has 2 N–H and O–H groups in total. The van der Waals surface area contributed by atoms with Gasteiger partial charge in [0.15, 0.2) is 11.5 Å². The summed E-state index contributed by atoms with van der Waals surface area (Å²) in [6.07, 6.45) is 0. The number of hydrogen-bond donors (Lipinski definition) is 2. The fraction of sp³-hybridized carbons (Fsp3) is 0.150. The second kappa shape index (κ2) is 7.74. The molecule has 8 heteroatoms. The topological polar surface area (TPSA) is 85.4 Å². The van der Waals surface area contributed by atoms with Crippen molar-refractivity contribution in [2.45, 2.75) is 0 Å². The van der Waals surface area contributed by atoms with Gasteiger partial charge in [-0.2, -0.15) is 0 Å². The van der Waals surface area contributed by atoms with Crippen LogP contribution in [-0.2, 0) is 0 Å². The molecule has 1 amide bonds. The Balaban J connectivity index is 1.57. The minimum absolute atomic E-state index is 0.231. The smallest absolute Gasteiger partial charge is 0.257 e. The molecule has 0 unspecified atom stereocenters. The van der Waals surface area contributed by atoms with E-state index in [1.165, 1.54) is 6.07 Å². The van der Waals surface area contributed by atoms with E-state index in [4.69, 9.17) is 21.1 Å². The first kappa shape index (κ1) is 18.1. The van der Waals surface area contributed by atoms with E-state index < -0.39 is 0 Å². The van der Waals surface area contributed by atoms with Gasteiger partial charge in [-0.3, -0.25) is 4.79 Å². The van der Waals surface area contributed by atoms with Crippen molar-refractivity contribution >= 4 is 29.1 Å². The number of carbonyl (C=O) groups excluding carboxylic acids is 1. The van der Waals surface area contributed by atoms with Crippen LogP contribution in [0.3, 0.4) is 0 Å². The molecule has 0 aliphatic carbocycles. The van der Waals surface area contributed by atoms with Crippen LogP contribution >= 0.6 is 11.6 Å². The Kier molecular flexibility index (Phi) is 4.99. The molecule has 0 saturated heterocycles. The lowest BCUT2D eigenvalue weighted by molar-refractivity contribution is 0.102. The molecule has 28 heavy (non-hydrogen) atoms. The largest absolute Gasteiger partial charge is 0.486 e. The van der Waals surface area contributed by atoms with Gasteiger partial charge in [0.2, 0.25) is 0 Å². The lowest BCUT2D eigenvalue weighted by Gasteiger charge is -2.18. The maximum absolute atomic E-state index is 12.6. The van der Waals surface area contributed by atoms with Gasteiger partial charge in [-0.05, 0) is 42.5 Å². The summed E-state index contributed by atoms with van der Waals surface area (Å²) in [5.41, 5.74) is 1.96. The molecule has 0 fully saturated rings. The first-order valence-electron chi connectivity index (χ1n) is 8.66. The zero-order chi connectivity index (χ0) is 19.5. The van der Waals surface area contributed by atoms with Crippen molar-refractivity contribution in [3.8, 4) is 22.8 Å². The summed E-state index contributed by atoms with van der Waals surface area (Å²) in [6, 6.07) is 14.2. The Morgan fingerprint density at radius 2 is 1.82 bits per heavy atom. The molecule has 0 atom stereocenters. The lowest BCUT2D eigenvalue weighted by Crippen LogP contribution is -2.15. The second-order valence-corrected chi connectivity index (χ2v) is 6.42. The zero-order valence-corrected chi connectivity index (χ0v) is 15.8. The van der Waals surface area contributed by atoms with Gasteiger partial charge in [-0.1, -0.05) is 17.7 Å². The van der Waals surface area contributed by atoms with Crippen LogP contribution in [0.4, 0.5) is 11.6 Å². The highest BCUT2D eigenvalue weighted by atomic mass is 35.5. The van der Waals surface area contributed by atoms with Crippen LogP contribution in [0, 0.1) is 0 Å². The number of ether oxygens (including phenoxy) is 2. The van der Waals surface area contributed by atoms with Gasteiger partial charge in [-0.25, -0.2) is 9.97 Å². The molecular weight excluding hydrogens is 380 g/mol. The summed E-state index contributed by atoms with van der Waals surface area (Å²) >= 11 is 5.97. The van der Waals surface area contributed by atoms with Crippen molar-refractivity contribution in [3.05, 3.63) is 59.2 Å². The molecule has 0 radical (unpaired) electrons. The standard InChI is InChI=1S/C20H17ClN4O3/c1-22-19-11-13(10-17(21)24-19)20(26)25-18-4-2-3-14(23-18)12-5-6-15-16(9-12)28-8-7-27-15/h2-6,9-11H,7-8H2,1H3,(H,22,24)(H,23,25,26). The van der Waals surface area contributed by atoms with Gasteiger partial charge < -0.3 is 20.1 Å². The number of nitrogens with zero attached hydrogens (tertiary/aromatic N) is 2. The first-order valence-corrected chi connectivity index (χ1v) is 9.04. The Morgan fingerprint density at radius 1 is 1.00 bits per heavy atom. The third-order valence-corrected chi connectivity index (χ3v) is 4.33. The number of carbonyl (C=O) groups is 1. The first-order chi connectivity index (χ1) is 13.6. The summed E-state index contributed by atoms with van der Waals surface area (Å²) in [7, 11) is 1.71. The Hall–Kier alpha value is -3.32. The number of fused-ring (bicyclic) bond motifs is 1. The fourth-order valence-electron chi connectivity index (χ4n) is 2.81. The highest BCUT2D eigenvalue weighted by Crippen LogP contribution is 2.34. The van der Waals surface area contributed by atoms with Crippen molar-refractivity contribution < 1.29 is 14.3 Å². The van der Waals surface area contributed by atoms with Crippen LogP contribution in [0.15, 0.2) is 48.5 Å². The lowest BCUT2D eigenvalue weighted by atomic mass is 10.1. The fourth-order valence-corrected chi connectivity index (χ4v) is 3.02. The molecular formula is C20H17ClN4O3. The molecule has 3 heterocycles. The second-order valence-electron chi connectivity index (χ2n) is 6.03. The van der Waals surface area contributed by atoms with E-state index in [-0.39, 0.29) is 11.1 Å². The summed E-state index contributed by atoms with van der Waals surface area (Å²) < 4.78 is 11.2. The van der Waals surface area contributed by atoms with Crippen molar-refractivity contribution in [2.75, 3.05) is 30.9 Å². The molecule has 0 saturated carbocycles. The molecule has 3 aromatic rings. The molecule has 1 aliphatic rings. The van der Waals surface area contributed by atoms with E-state index >= 15 is 0 Å². The summed E-state index contributed by atoms with van der Waals surface area (Å²) in [6.45, 7) is 1.06. The van der Waals surface area contributed by atoms with Crippen LogP contribution in [0.1, 0.15) is 10.4 Å². The number of pyridine rings is 2. The van der Waals surface area contributed by atoms with Gasteiger partial charge >= 0.3 is 0 Å². The van der Waals surface area contributed by atoms with Gasteiger partial charge in [0.05, 0.1) is 5.69 Å². The molecule has 142 valence electrons. The normalized spacial score (nSPS) is 12.4. The van der Waals surface area contributed by atoms with Crippen molar-refractivity contribution in [3.63, 3.8) is 0 Å². The number of nitrogens with one attached hydrogen (secondary N) is 2. The van der Waals surface area contributed by atoms with E-state index in [2.05, 4.69) is 20.6 Å². The average Bonchev–Trinajstić information content (AvgIpc) is 2.73. The highest BCUT2D eigenvalue weighted by molar-refractivity contribution is 6.30. The van der Waals surface area contributed by atoms with Crippen LogP contribution in [0.5, 0.6) is 11.5 Å². The highest BCUT2D eigenvalue weighted by Gasteiger charge is 2.14.